The second kappa shape index (κ2) is 7.51. The maximum absolute atomic E-state index is 11.4. The third-order valence-corrected chi connectivity index (χ3v) is 3.17. The zero-order valence-electron chi connectivity index (χ0n) is 12.3. The summed E-state index contributed by atoms with van der Waals surface area (Å²) in [7, 11) is 1.53. The van der Waals surface area contributed by atoms with Crippen molar-refractivity contribution in [1.82, 2.24) is 0 Å². The van der Waals surface area contributed by atoms with E-state index in [-0.39, 0.29) is 23.0 Å². The molecule has 0 aromatic heterocycles. The lowest BCUT2D eigenvalue weighted by molar-refractivity contribution is 0.0697. The molecule has 6 nitrogen and oxygen atoms in total. The first kappa shape index (κ1) is 16.6. The first-order chi connectivity index (χ1) is 11.0. The summed E-state index contributed by atoms with van der Waals surface area (Å²) in [6.45, 7) is 0. The van der Waals surface area contributed by atoms with Crippen molar-refractivity contribution in [1.29, 1.82) is 0 Å². The topological polar surface area (TPSA) is 94.1 Å². The Bertz CT molecular complexity index is 747. The van der Waals surface area contributed by atoms with Crippen molar-refractivity contribution in [3.63, 3.8) is 0 Å². The number of nitrogens with two attached hydrogens (primary N) is 1. The van der Waals surface area contributed by atoms with Gasteiger partial charge in [0.15, 0.2) is 11.5 Å². The first-order valence-corrected chi connectivity index (χ1v) is 7.15. The Balaban J connectivity index is 2.38. The van der Waals surface area contributed by atoms with E-state index in [1.165, 1.54) is 19.2 Å². The predicted octanol–water partition coefficient (Wildman–Crippen LogP) is 3.41. The molecule has 0 unspecified atom stereocenters. The van der Waals surface area contributed by atoms with Gasteiger partial charge in [-0.2, -0.15) is 0 Å². The van der Waals surface area contributed by atoms with Crippen molar-refractivity contribution in [2.45, 2.75) is 0 Å². The molecule has 0 amide bonds. The Morgan fingerprint density at radius 1 is 1.26 bits per heavy atom. The number of benzene rings is 2. The van der Waals surface area contributed by atoms with Gasteiger partial charge < -0.3 is 20.3 Å². The zero-order valence-corrected chi connectivity index (χ0v) is 13.1. The summed E-state index contributed by atoms with van der Waals surface area (Å²) in [5, 5.41) is 9.32. The number of nitrogens with zero attached hydrogens (tertiary/aromatic N) is 1. The van der Waals surface area contributed by atoms with E-state index in [0.717, 1.165) is 0 Å². The van der Waals surface area contributed by atoms with Crippen molar-refractivity contribution in [2.75, 3.05) is 13.0 Å². The van der Waals surface area contributed by atoms with Gasteiger partial charge in [-0.15, -0.1) is 11.6 Å². The highest BCUT2D eigenvalue weighted by Gasteiger charge is 2.13. The van der Waals surface area contributed by atoms with Crippen LogP contribution in [0.5, 0.6) is 17.2 Å². The molecule has 120 valence electrons. The predicted molar refractivity (Wildman–Crippen MR) is 88.5 cm³/mol. The molecule has 2 aromatic rings. The van der Waals surface area contributed by atoms with E-state index in [9.17, 15) is 9.90 Å². The molecule has 0 saturated heterocycles. The first-order valence-electron chi connectivity index (χ1n) is 6.62. The molecule has 0 aliphatic rings. The minimum Gasteiger partial charge on any atom is -0.493 e. The molecule has 0 radical (unpaired) electrons. The van der Waals surface area contributed by atoms with E-state index in [1.54, 1.807) is 30.3 Å². The summed E-state index contributed by atoms with van der Waals surface area (Å²) in [6, 6.07) is 11.5. The molecule has 0 aliphatic heterocycles. The summed E-state index contributed by atoms with van der Waals surface area (Å²) in [6.07, 6.45) is 0. The second-order valence-electron chi connectivity index (χ2n) is 4.47. The maximum Gasteiger partial charge on any atom is 0.338 e. The highest BCUT2D eigenvalue weighted by atomic mass is 35.5. The Morgan fingerprint density at radius 3 is 2.57 bits per heavy atom. The molecule has 7 heteroatoms. The summed E-state index contributed by atoms with van der Waals surface area (Å²) in [4.78, 5) is 15.4. The molecule has 0 heterocycles. The molecule has 3 N–H and O–H groups in total. The molecule has 0 spiro atoms. The van der Waals surface area contributed by atoms with Gasteiger partial charge in [0.2, 0.25) is 0 Å². The van der Waals surface area contributed by atoms with Crippen molar-refractivity contribution < 1.29 is 19.4 Å². The van der Waals surface area contributed by atoms with Gasteiger partial charge in [-0.1, -0.05) is 12.1 Å². The van der Waals surface area contributed by atoms with E-state index in [1.807, 2.05) is 0 Å². The minimum absolute atomic E-state index is 0.0124. The highest BCUT2D eigenvalue weighted by Crippen LogP contribution is 2.33. The van der Waals surface area contributed by atoms with Crippen LogP contribution in [0.25, 0.3) is 0 Å². The van der Waals surface area contributed by atoms with E-state index in [2.05, 4.69) is 4.99 Å². The molecular formula is C16H15ClN2O4. The number of ether oxygens (including phenoxy) is 2. The van der Waals surface area contributed by atoms with Crippen LogP contribution < -0.4 is 15.2 Å². The van der Waals surface area contributed by atoms with Gasteiger partial charge in [0.25, 0.3) is 0 Å². The largest absolute Gasteiger partial charge is 0.493 e. The fourth-order valence-electron chi connectivity index (χ4n) is 1.86. The third-order valence-electron chi connectivity index (χ3n) is 2.90. The lowest BCUT2D eigenvalue weighted by atomic mass is 10.1. The molecule has 0 bridgehead atoms. The summed E-state index contributed by atoms with van der Waals surface area (Å²) in [5.74, 6) is 0.360. The summed E-state index contributed by atoms with van der Waals surface area (Å²) in [5.41, 5.74) is 5.73. The molecule has 23 heavy (non-hydrogen) atoms. The Morgan fingerprint density at radius 2 is 1.96 bits per heavy atom. The Hall–Kier alpha value is -2.73. The Kier molecular flexibility index (Phi) is 5.43. The summed E-state index contributed by atoms with van der Waals surface area (Å²) < 4.78 is 10.9. The van der Waals surface area contributed by atoms with Crippen LogP contribution in [-0.2, 0) is 0 Å². The van der Waals surface area contributed by atoms with Gasteiger partial charge in [-0.3, -0.25) is 0 Å². The van der Waals surface area contributed by atoms with Crippen LogP contribution in [0, 0.1) is 0 Å². The number of halogens is 1. The van der Waals surface area contributed by atoms with E-state index < -0.39 is 5.97 Å². The van der Waals surface area contributed by atoms with Gasteiger partial charge in [-0.25, -0.2) is 9.79 Å². The molecular weight excluding hydrogens is 320 g/mol. The number of hydrogen-bond donors (Lipinski definition) is 2. The van der Waals surface area contributed by atoms with Gasteiger partial charge in [0.1, 0.15) is 11.6 Å². The van der Waals surface area contributed by atoms with Gasteiger partial charge >= 0.3 is 5.97 Å². The van der Waals surface area contributed by atoms with Gasteiger partial charge in [-0.05, 0) is 30.3 Å². The quantitative estimate of drug-likeness (QED) is 0.479. The molecule has 0 fully saturated rings. The lowest BCUT2D eigenvalue weighted by Crippen LogP contribution is -2.12. The van der Waals surface area contributed by atoms with Crippen LogP contribution in [0.15, 0.2) is 47.5 Å². The number of para-hydroxylation sites is 2. The molecule has 2 aromatic carbocycles. The van der Waals surface area contributed by atoms with Crippen LogP contribution in [-0.4, -0.2) is 29.9 Å². The number of amidine groups is 1. The van der Waals surface area contributed by atoms with Crippen LogP contribution >= 0.6 is 11.6 Å². The van der Waals surface area contributed by atoms with Crippen molar-refractivity contribution in [2.24, 2.45) is 10.7 Å². The number of carbonyl (C=O) groups is 1. The van der Waals surface area contributed by atoms with Crippen LogP contribution in [0.4, 0.5) is 5.69 Å². The van der Waals surface area contributed by atoms with Gasteiger partial charge in [0.05, 0.1) is 24.2 Å². The number of alkyl halides is 1. The number of rotatable bonds is 6. The van der Waals surface area contributed by atoms with E-state index in [4.69, 9.17) is 26.8 Å². The third kappa shape index (κ3) is 4.14. The van der Waals surface area contributed by atoms with E-state index >= 15 is 0 Å². The second-order valence-corrected chi connectivity index (χ2v) is 4.74. The number of aromatic carboxylic acids is 1. The standard InChI is InChI=1S/C16H15ClN2O4/c1-22-13-4-2-3-5-14(13)23-10-6-7-12(19-15(18)9-17)11(8-10)16(20)21/h2-8H,9H2,1H3,(H2,18,19)(H,20,21). The number of methoxy groups -OCH3 is 1. The molecule has 0 atom stereocenters. The van der Waals surface area contributed by atoms with Crippen molar-refractivity contribution in [3.05, 3.63) is 48.0 Å². The fraction of sp³-hybridized carbons (Fsp3) is 0.125. The van der Waals surface area contributed by atoms with E-state index in [0.29, 0.717) is 17.2 Å². The number of carboxylic acid groups (broad SMARTS) is 1. The van der Waals surface area contributed by atoms with Crippen molar-refractivity contribution in [3.8, 4) is 17.2 Å². The smallest absolute Gasteiger partial charge is 0.338 e. The highest BCUT2D eigenvalue weighted by molar-refractivity contribution is 6.28. The average Bonchev–Trinajstić information content (AvgIpc) is 2.56. The number of aliphatic imine (C=N–C) groups is 1. The molecule has 0 saturated carbocycles. The van der Waals surface area contributed by atoms with Gasteiger partial charge in [0, 0.05) is 0 Å². The fourth-order valence-corrected chi connectivity index (χ4v) is 1.92. The lowest BCUT2D eigenvalue weighted by Gasteiger charge is -2.11. The number of hydrogen-bond acceptors (Lipinski definition) is 4. The SMILES string of the molecule is COc1ccccc1Oc1ccc(N=C(N)CCl)c(C(=O)O)c1. The van der Waals surface area contributed by atoms with Crippen LogP contribution in [0.1, 0.15) is 10.4 Å². The van der Waals surface area contributed by atoms with Crippen LogP contribution in [0.2, 0.25) is 0 Å². The van der Waals surface area contributed by atoms with Crippen LogP contribution in [0.3, 0.4) is 0 Å². The average molecular weight is 335 g/mol. The summed E-state index contributed by atoms with van der Waals surface area (Å²) >= 11 is 5.56. The maximum atomic E-state index is 11.4. The van der Waals surface area contributed by atoms with Crippen molar-refractivity contribution >= 4 is 29.1 Å². The molecule has 2 rings (SSSR count). The molecule has 0 aliphatic carbocycles. The Labute approximate surface area is 138 Å². The zero-order chi connectivity index (χ0) is 16.8. The number of carboxylic acids is 1. The minimum atomic E-state index is -1.14. The monoisotopic (exact) mass is 334 g/mol. The normalized spacial score (nSPS) is 11.1.